The van der Waals surface area contributed by atoms with Crippen LogP contribution in [0.2, 0.25) is 0 Å². The van der Waals surface area contributed by atoms with Gasteiger partial charge < -0.3 is 10.2 Å². The molecule has 0 radical (unpaired) electrons. The summed E-state index contributed by atoms with van der Waals surface area (Å²) in [5, 5.41) is 5.29. The van der Waals surface area contributed by atoms with E-state index in [2.05, 4.69) is 19.7 Å². The lowest BCUT2D eigenvalue weighted by molar-refractivity contribution is -0.137. The number of anilines is 2. The van der Waals surface area contributed by atoms with Gasteiger partial charge in [-0.15, -0.1) is 11.3 Å². The number of nitrogens with one attached hydrogen (secondary N) is 1. The van der Waals surface area contributed by atoms with Gasteiger partial charge in [0, 0.05) is 36.7 Å². The first-order chi connectivity index (χ1) is 14.3. The first-order valence-corrected chi connectivity index (χ1v) is 10.9. The van der Waals surface area contributed by atoms with Gasteiger partial charge in [-0.2, -0.15) is 22.5 Å². The minimum absolute atomic E-state index is 0.111. The van der Waals surface area contributed by atoms with Crippen molar-refractivity contribution in [3.05, 3.63) is 40.9 Å². The van der Waals surface area contributed by atoms with Crippen molar-refractivity contribution in [2.45, 2.75) is 25.9 Å². The molecule has 1 fully saturated rings. The van der Waals surface area contributed by atoms with E-state index in [0.29, 0.717) is 42.7 Å². The Morgan fingerprint density at radius 1 is 1.23 bits per heavy atom. The third kappa shape index (κ3) is 4.46. The van der Waals surface area contributed by atoms with Crippen molar-refractivity contribution in [3.8, 4) is 10.7 Å². The van der Waals surface area contributed by atoms with Gasteiger partial charge in [0.05, 0.1) is 10.4 Å². The number of aryl methyl sites for hydroxylation is 1. The van der Waals surface area contributed by atoms with Gasteiger partial charge >= 0.3 is 6.18 Å². The van der Waals surface area contributed by atoms with Gasteiger partial charge in [0.1, 0.15) is 5.82 Å². The molecule has 0 aromatic carbocycles. The molecular formula is C19H18F3N5OS2. The summed E-state index contributed by atoms with van der Waals surface area (Å²) >= 11 is 2.71. The maximum Gasteiger partial charge on any atom is 0.417 e. The van der Waals surface area contributed by atoms with Gasteiger partial charge in [0.15, 0.2) is 5.82 Å². The third-order valence-electron chi connectivity index (χ3n) is 4.99. The van der Waals surface area contributed by atoms with Crippen molar-refractivity contribution in [1.29, 1.82) is 0 Å². The van der Waals surface area contributed by atoms with Crippen molar-refractivity contribution in [1.82, 2.24) is 14.3 Å². The molecule has 1 aliphatic rings. The molecule has 6 nitrogen and oxygen atoms in total. The molecule has 158 valence electrons. The molecule has 1 N–H and O–H groups in total. The zero-order valence-electron chi connectivity index (χ0n) is 15.9. The number of rotatable bonds is 4. The molecule has 0 aliphatic carbocycles. The van der Waals surface area contributed by atoms with Gasteiger partial charge in [0.2, 0.25) is 11.0 Å². The highest BCUT2D eigenvalue weighted by Crippen LogP contribution is 2.31. The molecule has 30 heavy (non-hydrogen) atoms. The van der Waals surface area contributed by atoms with E-state index in [1.165, 1.54) is 6.07 Å². The van der Waals surface area contributed by atoms with Gasteiger partial charge in [0.25, 0.3) is 0 Å². The summed E-state index contributed by atoms with van der Waals surface area (Å²) in [7, 11) is 0. The van der Waals surface area contributed by atoms with Crippen LogP contribution in [0.1, 0.15) is 24.0 Å². The molecule has 0 spiro atoms. The zero-order valence-corrected chi connectivity index (χ0v) is 17.6. The first kappa shape index (κ1) is 20.7. The quantitative estimate of drug-likeness (QED) is 0.612. The Bertz CT molecular complexity index is 1020. The molecule has 1 amide bonds. The highest BCUT2D eigenvalue weighted by atomic mass is 32.1. The second-order valence-electron chi connectivity index (χ2n) is 7.01. The Hall–Kier alpha value is -2.53. The summed E-state index contributed by atoms with van der Waals surface area (Å²) in [5.41, 5.74) is 0.328. The average Bonchev–Trinajstić information content (AvgIpc) is 3.36. The predicted molar refractivity (Wildman–Crippen MR) is 111 cm³/mol. The van der Waals surface area contributed by atoms with Crippen LogP contribution in [-0.2, 0) is 11.0 Å². The number of hydrogen-bond donors (Lipinski definition) is 1. The summed E-state index contributed by atoms with van der Waals surface area (Å²) < 4.78 is 42.4. The molecule has 3 aromatic rings. The molecule has 4 rings (SSSR count). The van der Waals surface area contributed by atoms with E-state index in [9.17, 15) is 18.0 Å². The lowest BCUT2D eigenvalue weighted by Gasteiger charge is -2.32. The Morgan fingerprint density at radius 2 is 2.00 bits per heavy atom. The fourth-order valence-electron chi connectivity index (χ4n) is 3.29. The molecule has 11 heteroatoms. The Morgan fingerprint density at radius 3 is 2.60 bits per heavy atom. The Labute approximate surface area is 179 Å². The van der Waals surface area contributed by atoms with Crippen LogP contribution < -0.4 is 10.2 Å². The van der Waals surface area contributed by atoms with Crippen LogP contribution in [0.15, 0.2) is 29.8 Å². The fourth-order valence-corrected chi connectivity index (χ4v) is 4.78. The van der Waals surface area contributed by atoms with E-state index in [-0.39, 0.29) is 11.8 Å². The van der Waals surface area contributed by atoms with Gasteiger partial charge in [-0.25, -0.2) is 4.98 Å². The molecule has 0 unspecified atom stereocenters. The number of hydrogen-bond acceptors (Lipinski definition) is 7. The van der Waals surface area contributed by atoms with E-state index >= 15 is 0 Å². The van der Waals surface area contributed by atoms with Crippen molar-refractivity contribution in [3.63, 3.8) is 0 Å². The number of pyridine rings is 1. The monoisotopic (exact) mass is 453 g/mol. The number of alkyl halides is 3. The largest absolute Gasteiger partial charge is 0.417 e. The number of aromatic nitrogens is 3. The summed E-state index contributed by atoms with van der Waals surface area (Å²) in [5.74, 6) is 0.806. The number of halogens is 3. The molecule has 1 saturated heterocycles. The van der Waals surface area contributed by atoms with E-state index in [0.717, 1.165) is 34.2 Å². The minimum atomic E-state index is -4.40. The number of amides is 1. The SMILES string of the molecule is Cc1ccsc1-c1nsc(NC(=O)C2CCN(c3ccc(C(F)(F)F)cn3)CC2)n1. The highest BCUT2D eigenvalue weighted by Gasteiger charge is 2.31. The first-order valence-electron chi connectivity index (χ1n) is 9.28. The normalized spacial score (nSPS) is 15.4. The van der Waals surface area contributed by atoms with Crippen molar-refractivity contribution >= 4 is 39.7 Å². The van der Waals surface area contributed by atoms with Crippen LogP contribution in [0.5, 0.6) is 0 Å². The van der Waals surface area contributed by atoms with Crippen molar-refractivity contribution in [2.75, 3.05) is 23.3 Å². The smallest absolute Gasteiger partial charge is 0.357 e. The van der Waals surface area contributed by atoms with Crippen molar-refractivity contribution < 1.29 is 18.0 Å². The maximum absolute atomic E-state index is 12.7. The molecule has 0 saturated carbocycles. The van der Waals surface area contributed by atoms with Crippen LogP contribution in [0, 0.1) is 12.8 Å². The molecule has 3 aromatic heterocycles. The predicted octanol–water partition coefficient (Wildman–Crippen LogP) is 4.84. The number of piperidine rings is 1. The third-order valence-corrected chi connectivity index (χ3v) is 6.63. The second kappa shape index (κ2) is 8.31. The van der Waals surface area contributed by atoms with Crippen LogP contribution in [-0.4, -0.2) is 33.3 Å². The van der Waals surface area contributed by atoms with E-state index in [4.69, 9.17) is 0 Å². The van der Waals surface area contributed by atoms with Gasteiger partial charge in [-0.3, -0.25) is 4.79 Å². The highest BCUT2D eigenvalue weighted by molar-refractivity contribution is 7.14. The fraction of sp³-hybridized carbons (Fsp3) is 0.368. The number of carbonyl (C=O) groups is 1. The van der Waals surface area contributed by atoms with Gasteiger partial charge in [-0.1, -0.05) is 0 Å². The number of nitrogens with zero attached hydrogens (tertiary/aromatic N) is 4. The maximum atomic E-state index is 12.7. The topological polar surface area (TPSA) is 71.0 Å². The van der Waals surface area contributed by atoms with Crippen LogP contribution in [0.25, 0.3) is 10.7 Å². The molecule has 0 atom stereocenters. The minimum Gasteiger partial charge on any atom is -0.357 e. The Kier molecular flexibility index (Phi) is 5.74. The summed E-state index contributed by atoms with van der Waals surface area (Å²) in [4.78, 5) is 23.8. The van der Waals surface area contributed by atoms with Gasteiger partial charge in [-0.05, 0) is 48.9 Å². The molecule has 4 heterocycles. The van der Waals surface area contributed by atoms with Crippen LogP contribution in [0.3, 0.4) is 0 Å². The van der Waals surface area contributed by atoms with Crippen LogP contribution >= 0.6 is 22.9 Å². The van der Waals surface area contributed by atoms with E-state index < -0.39 is 11.7 Å². The average molecular weight is 454 g/mol. The van der Waals surface area contributed by atoms with Crippen molar-refractivity contribution in [2.24, 2.45) is 5.92 Å². The standard InChI is InChI=1S/C19H18F3N5OS2/c1-11-6-9-29-15(11)16-24-18(30-26-16)25-17(28)12-4-7-27(8-5-12)14-3-2-13(10-23-14)19(20,21)22/h2-3,6,9-10,12H,4-5,7-8H2,1H3,(H,24,25,26,28). The molecule has 1 aliphatic heterocycles. The summed E-state index contributed by atoms with van der Waals surface area (Å²) in [6, 6.07) is 4.40. The van der Waals surface area contributed by atoms with E-state index in [1.54, 1.807) is 11.3 Å². The molecular weight excluding hydrogens is 435 g/mol. The number of thiophene rings is 1. The van der Waals surface area contributed by atoms with Crippen LogP contribution in [0.4, 0.5) is 24.1 Å². The second-order valence-corrected chi connectivity index (χ2v) is 8.68. The molecule has 0 bridgehead atoms. The Balaban J connectivity index is 1.32. The zero-order chi connectivity index (χ0) is 21.3. The lowest BCUT2D eigenvalue weighted by atomic mass is 9.96. The summed E-state index contributed by atoms with van der Waals surface area (Å²) in [6.45, 7) is 3.09. The summed E-state index contributed by atoms with van der Waals surface area (Å²) in [6.07, 6.45) is -2.38. The number of carbonyl (C=O) groups excluding carboxylic acids is 1. The lowest BCUT2D eigenvalue weighted by Crippen LogP contribution is -2.38. The van der Waals surface area contributed by atoms with E-state index in [1.807, 2.05) is 23.3 Å².